The van der Waals surface area contributed by atoms with Crippen LogP contribution in [0.2, 0.25) is 0 Å². The first kappa shape index (κ1) is 18.6. The predicted molar refractivity (Wildman–Crippen MR) is 116 cm³/mol. The highest BCUT2D eigenvalue weighted by atomic mass is 16.5. The van der Waals surface area contributed by atoms with E-state index in [9.17, 15) is 4.79 Å². The molecule has 8 nitrogen and oxygen atoms in total. The van der Waals surface area contributed by atoms with E-state index in [0.717, 1.165) is 11.4 Å². The van der Waals surface area contributed by atoms with Gasteiger partial charge in [-0.15, -0.1) is 0 Å². The summed E-state index contributed by atoms with van der Waals surface area (Å²) in [6.07, 6.45) is 6.82. The van der Waals surface area contributed by atoms with Crippen molar-refractivity contribution in [2.24, 2.45) is 0 Å². The molecule has 0 saturated heterocycles. The summed E-state index contributed by atoms with van der Waals surface area (Å²) in [5.41, 5.74) is 2.99. The number of aromatic nitrogens is 6. The van der Waals surface area contributed by atoms with E-state index in [-0.39, 0.29) is 11.1 Å². The molecule has 0 unspecified atom stereocenters. The molecule has 0 fully saturated rings. The van der Waals surface area contributed by atoms with Crippen molar-refractivity contribution in [2.45, 2.75) is 0 Å². The van der Waals surface area contributed by atoms with Crippen LogP contribution in [0.1, 0.15) is 0 Å². The van der Waals surface area contributed by atoms with Crippen LogP contribution in [0.4, 0.5) is 0 Å². The summed E-state index contributed by atoms with van der Waals surface area (Å²) < 4.78 is 10.7. The quantitative estimate of drug-likeness (QED) is 0.444. The van der Waals surface area contributed by atoms with Crippen LogP contribution >= 0.6 is 0 Å². The van der Waals surface area contributed by atoms with E-state index >= 15 is 0 Å². The van der Waals surface area contributed by atoms with Crippen LogP contribution in [0.25, 0.3) is 28.5 Å². The van der Waals surface area contributed by atoms with Crippen molar-refractivity contribution in [3.63, 3.8) is 0 Å². The number of benzene rings is 2. The van der Waals surface area contributed by atoms with Gasteiger partial charge < -0.3 is 4.74 Å². The largest absolute Gasteiger partial charge is 0.492 e. The molecule has 0 aliphatic heterocycles. The highest BCUT2D eigenvalue weighted by Gasteiger charge is 2.17. The Labute approximate surface area is 177 Å². The molecule has 0 aliphatic carbocycles. The maximum Gasteiger partial charge on any atom is 0.209 e. The molecule has 0 amide bonds. The Balaban J connectivity index is 1.66. The second-order valence-electron chi connectivity index (χ2n) is 6.72. The molecule has 8 heteroatoms. The van der Waals surface area contributed by atoms with Crippen LogP contribution in [-0.2, 0) is 0 Å². The molecule has 2 aromatic carbocycles. The SMILES string of the molecule is COc1c(-n2cccn2)cccc1-n1ccc(=O)c(-c2ccnn2-c2ccccc2)n1. The normalized spacial score (nSPS) is 10.9. The van der Waals surface area contributed by atoms with Crippen LogP contribution in [-0.4, -0.2) is 36.5 Å². The molecule has 0 spiro atoms. The topological polar surface area (TPSA) is 79.8 Å². The predicted octanol–water partition coefficient (Wildman–Crippen LogP) is 3.28. The summed E-state index contributed by atoms with van der Waals surface area (Å²) in [4.78, 5) is 12.7. The van der Waals surface area contributed by atoms with Crippen LogP contribution in [0.3, 0.4) is 0 Å². The third-order valence-corrected chi connectivity index (χ3v) is 4.87. The van der Waals surface area contributed by atoms with E-state index in [4.69, 9.17) is 4.74 Å². The first-order valence-corrected chi connectivity index (χ1v) is 9.63. The Kier molecular flexibility index (Phi) is 4.64. The van der Waals surface area contributed by atoms with Crippen LogP contribution in [0.15, 0.2) is 96.3 Å². The molecule has 0 saturated carbocycles. The van der Waals surface area contributed by atoms with Gasteiger partial charge in [-0.05, 0) is 36.4 Å². The number of hydrogen-bond acceptors (Lipinski definition) is 5. The van der Waals surface area contributed by atoms with E-state index in [2.05, 4.69) is 15.3 Å². The van der Waals surface area contributed by atoms with Crippen molar-refractivity contribution in [1.29, 1.82) is 0 Å². The van der Waals surface area contributed by atoms with Gasteiger partial charge in [-0.2, -0.15) is 15.3 Å². The fourth-order valence-corrected chi connectivity index (χ4v) is 3.47. The van der Waals surface area contributed by atoms with Crippen molar-refractivity contribution in [3.8, 4) is 34.2 Å². The lowest BCUT2D eigenvalue weighted by atomic mass is 10.2. The van der Waals surface area contributed by atoms with Gasteiger partial charge in [0.05, 0.1) is 24.7 Å². The fraction of sp³-hybridized carbons (Fsp3) is 0.0435. The average molecular weight is 410 g/mol. The second kappa shape index (κ2) is 7.75. The van der Waals surface area contributed by atoms with Crippen molar-refractivity contribution >= 4 is 0 Å². The monoisotopic (exact) mass is 410 g/mol. The van der Waals surface area contributed by atoms with Crippen molar-refractivity contribution in [3.05, 3.63) is 102 Å². The van der Waals surface area contributed by atoms with Crippen molar-refractivity contribution in [1.82, 2.24) is 29.3 Å². The molecule has 5 aromatic rings. The maximum absolute atomic E-state index is 12.7. The maximum atomic E-state index is 12.7. The Morgan fingerprint density at radius 3 is 2.32 bits per heavy atom. The highest BCUT2D eigenvalue weighted by molar-refractivity contribution is 5.61. The molecule has 0 N–H and O–H groups in total. The molecule has 3 aromatic heterocycles. The molecule has 0 bridgehead atoms. The zero-order valence-electron chi connectivity index (χ0n) is 16.7. The number of ether oxygens (including phenoxy) is 1. The summed E-state index contributed by atoms with van der Waals surface area (Å²) in [7, 11) is 1.60. The van der Waals surface area contributed by atoms with Gasteiger partial charge in [-0.3, -0.25) is 4.79 Å². The van der Waals surface area contributed by atoms with Gasteiger partial charge in [0, 0.05) is 24.7 Å². The number of nitrogens with zero attached hydrogens (tertiary/aromatic N) is 6. The van der Waals surface area contributed by atoms with Gasteiger partial charge >= 0.3 is 0 Å². The minimum Gasteiger partial charge on any atom is -0.492 e. The Morgan fingerprint density at radius 1 is 0.774 bits per heavy atom. The lowest BCUT2D eigenvalue weighted by Gasteiger charge is -2.15. The second-order valence-corrected chi connectivity index (χ2v) is 6.72. The van der Waals surface area contributed by atoms with E-state index in [1.165, 1.54) is 6.07 Å². The molecule has 152 valence electrons. The minimum atomic E-state index is -0.198. The Bertz CT molecular complexity index is 1390. The van der Waals surface area contributed by atoms with Crippen LogP contribution < -0.4 is 10.2 Å². The molecule has 0 atom stereocenters. The van der Waals surface area contributed by atoms with Gasteiger partial charge in [-0.1, -0.05) is 24.3 Å². The van der Waals surface area contributed by atoms with Gasteiger partial charge in [0.2, 0.25) is 5.43 Å². The number of methoxy groups -OCH3 is 1. The number of rotatable bonds is 5. The third kappa shape index (κ3) is 3.29. The number of hydrogen-bond donors (Lipinski definition) is 0. The lowest BCUT2D eigenvalue weighted by molar-refractivity contribution is 0.408. The summed E-state index contributed by atoms with van der Waals surface area (Å²) >= 11 is 0. The average Bonchev–Trinajstić information content (AvgIpc) is 3.52. The minimum absolute atomic E-state index is 0.198. The molecule has 5 rings (SSSR count). The molecular weight excluding hydrogens is 392 g/mol. The summed E-state index contributed by atoms with van der Waals surface area (Å²) in [5, 5.41) is 13.3. The van der Waals surface area contributed by atoms with E-state index < -0.39 is 0 Å². The standard InChI is InChI=1S/C23H18N6O2/c1-31-23-19(27-15-6-13-24-27)9-5-10-20(23)28-16-12-21(30)22(26-28)18-11-14-25-29(18)17-7-3-2-4-8-17/h2-16H,1H3. The molecular formula is C23H18N6O2. The smallest absolute Gasteiger partial charge is 0.209 e. The van der Waals surface area contributed by atoms with E-state index in [0.29, 0.717) is 17.1 Å². The summed E-state index contributed by atoms with van der Waals surface area (Å²) in [5.74, 6) is 0.588. The van der Waals surface area contributed by atoms with Gasteiger partial charge in [0.1, 0.15) is 11.4 Å². The van der Waals surface area contributed by atoms with Gasteiger partial charge in [0.25, 0.3) is 0 Å². The highest BCUT2D eigenvalue weighted by Crippen LogP contribution is 2.29. The molecule has 0 radical (unpaired) electrons. The Hall–Kier alpha value is -4.46. The first-order valence-electron chi connectivity index (χ1n) is 9.63. The third-order valence-electron chi connectivity index (χ3n) is 4.87. The first-order chi connectivity index (χ1) is 15.3. The van der Waals surface area contributed by atoms with E-state index in [1.807, 2.05) is 60.8 Å². The molecule has 31 heavy (non-hydrogen) atoms. The zero-order valence-corrected chi connectivity index (χ0v) is 16.7. The summed E-state index contributed by atoms with van der Waals surface area (Å²) in [6.45, 7) is 0. The van der Waals surface area contributed by atoms with Crippen molar-refractivity contribution in [2.75, 3.05) is 7.11 Å². The molecule has 3 heterocycles. The van der Waals surface area contributed by atoms with Gasteiger partial charge in [0.15, 0.2) is 11.4 Å². The molecule has 0 aliphatic rings. The van der Waals surface area contributed by atoms with Crippen molar-refractivity contribution < 1.29 is 4.74 Å². The zero-order chi connectivity index (χ0) is 21.2. The summed E-state index contributed by atoms with van der Waals surface area (Å²) in [6, 6.07) is 20.4. The number of para-hydroxylation sites is 2. The van der Waals surface area contributed by atoms with Gasteiger partial charge in [-0.25, -0.2) is 14.0 Å². The van der Waals surface area contributed by atoms with Crippen LogP contribution in [0.5, 0.6) is 5.75 Å². The fourth-order valence-electron chi connectivity index (χ4n) is 3.47. The Morgan fingerprint density at radius 2 is 1.58 bits per heavy atom. The van der Waals surface area contributed by atoms with Crippen LogP contribution in [0, 0.1) is 0 Å². The van der Waals surface area contributed by atoms with E-state index in [1.54, 1.807) is 45.8 Å². The lowest BCUT2D eigenvalue weighted by Crippen LogP contribution is -2.15.